The van der Waals surface area contributed by atoms with E-state index in [0.29, 0.717) is 12.5 Å². The topological polar surface area (TPSA) is 91.0 Å². The summed E-state index contributed by atoms with van der Waals surface area (Å²) >= 11 is 0. The number of carbonyl (C=O) groups is 2. The lowest BCUT2D eigenvalue weighted by Crippen LogP contribution is -2.32. The molecule has 3 rings (SSSR count). The molecule has 2 aromatic carbocycles. The molecule has 0 unspecified atom stereocenters. The molecule has 2 amide bonds. The number of amides is 2. The molecule has 160 valence electrons. The van der Waals surface area contributed by atoms with Crippen LogP contribution in [0.1, 0.15) is 40.0 Å². The van der Waals surface area contributed by atoms with Crippen molar-refractivity contribution in [2.45, 2.75) is 45.6 Å². The monoisotopic (exact) mass is 417 g/mol. The van der Waals surface area contributed by atoms with E-state index in [1.54, 1.807) is 4.90 Å². The Morgan fingerprint density at radius 3 is 2.42 bits per heavy atom. The fourth-order valence-electron chi connectivity index (χ4n) is 3.50. The number of para-hydroxylation sites is 3. The first-order valence-corrected chi connectivity index (χ1v) is 10.3. The summed E-state index contributed by atoms with van der Waals surface area (Å²) in [6.45, 7) is 6.44. The van der Waals surface area contributed by atoms with E-state index in [1.807, 2.05) is 79.9 Å². The van der Waals surface area contributed by atoms with Crippen LogP contribution >= 0.6 is 0 Å². The smallest absolute Gasteiger partial charge is 0.227 e. The van der Waals surface area contributed by atoms with E-state index in [1.165, 1.54) is 0 Å². The summed E-state index contributed by atoms with van der Waals surface area (Å²) in [5.74, 6) is -0.001000. The Morgan fingerprint density at radius 2 is 1.74 bits per heavy atom. The maximum Gasteiger partial charge on any atom is 0.227 e. The Kier molecular flexibility index (Phi) is 6.71. The van der Waals surface area contributed by atoms with Gasteiger partial charge >= 0.3 is 0 Å². The number of rotatable bonds is 7. The highest BCUT2D eigenvalue weighted by atomic mass is 16.2. The number of nitriles is 1. The molecule has 3 aromatic rings. The molecule has 0 fully saturated rings. The first kappa shape index (κ1) is 22.0. The summed E-state index contributed by atoms with van der Waals surface area (Å²) in [5, 5.41) is 11.8. The zero-order valence-electron chi connectivity index (χ0n) is 18.1. The summed E-state index contributed by atoms with van der Waals surface area (Å²) in [4.78, 5) is 31.6. The lowest BCUT2D eigenvalue weighted by atomic mass is 10.1. The van der Waals surface area contributed by atoms with Crippen LogP contribution < -0.4 is 10.2 Å². The van der Waals surface area contributed by atoms with Crippen molar-refractivity contribution in [1.29, 1.82) is 5.26 Å². The Hall–Kier alpha value is -3.66. The van der Waals surface area contributed by atoms with Gasteiger partial charge in [0.1, 0.15) is 0 Å². The predicted molar refractivity (Wildman–Crippen MR) is 122 cm³/mol. The summed E-state index contributed by atoms with van der Waals surface area (Å²) in [7, 11) is 0. The van der Waals surface area contributed by atoms with Crippen molar-refractivity contribution >= 4 is 34.5 Å². The van der Waals surface area contributed by atoms with Gasteiger partial charge in [0.25, 0.3) is 0 Å². The number of benzene rings is 2. The van der Waals surface area contributed by atoms with E-state index in [-0.39, 0.29) is 36.6 Å². The van der Waals surface area contributed by atoms with Gasteiger partial charge in [-0.2, -0.15) is 5.26 Å². The van der Waals surface area contributed by atoms with E-state index in [4.69, 9.17) is 5.26 Å². The summed E-state index contributed by atoms with van der Waals surface area (Å²) < 4.78 is 1.99. The molecule has 7 nitrogen and oxygen atoms in total. The van der Waals surface area contributed by atoms with Gasteiger partial charge in [-0.3, -0.25) is 14.9 Å². The van der Waals surface area contributed by atoms with Crippen LogP contribution in [0.3, 0.4) is 0 Å². The van der Waals surface area contributed by atoms with Crippen molar-refractivity contribution in [2.24, 2.45) is 0 Å². The van der Waals surface area contributed by atoms with Crippen molar-refractivity contribution in [3.05, 3.63) is 54.6 Å². The first-order valence-electron chi connectivity index (χ1n) is 10.3. The fourth-order valence-corrected chi connectivity index (χ4v) is 3.50. The number of hydrogen-bond donors (Lipinski definition) is 1. The molecule has 0 spiro atoms. The highest BCUT2D eigenvalue weighted by molar-refractivity contribution is 5.98. The Labute approximate surface area is 182 Å². The number of hydrogen-bond acceptors (Lipinski definition) is 4. The van der Waals surface area contributed by atoms with E-state index in [9.17, 15) is 9.59 Å². The van der Waals surface area contributed by atoms with E-state index in [2.05, 4.69) is 16.4 Å². The number of nitrogens with one attached hydrogen (secondary N) is 1. The third-order valence-electron chi connectivity index (χ3n) is 4.86. The molecule has 0 aliphatic carbocycles. The van der Waals surface area contributed by atoms with Gasteiger partial charge in [-0.25, -0.2) is 4.98 Å². The molecule has 0 aliphatic rings. The molecular weight excluding hydrogens is 390 g/mol. The maximum absolute atomic E-state index is 12.8. The molecule has 0 radical (unpaired) electrons. The number of aromatic nitrogens is 2. The van der Waals surface area contributed by atoms with Crippen molar-refractivity contribution in [3.8, 4) is 6.07 Å². The highest BCUT2D eigenvalue weighted by Gasteiger charge is 2.23. The number of anilines is 2. The van der Waals surface area contributed by atoms with Gasteiger partial charge < -0.3 is 9.47 Å². The minimum absolute atomic E-state index is 0.0298. The van der Waals surface area contributed by atoms with Crippen molar-refractivity contribution in [3.63, 3.8) is 0 Å². The molecule has 0 atom stereocenters. The van der Waals surface area contributed by atoms with Gasteiger partial charge in [0.2, 0.25) is 17.8 Å². The average molecular weight is 418 g/mol. The van der Waals surface area contributed by atoms with Gasteiger partial charge in [-0.15, -0.1) is 0 Å². The second-order valence-electron chi connectivity index (χ2n) is 8.27. The second-order valence-corrected chi connectivity index (χ2v) is 8.27. The summed E-state index contributed by atoms with van der Waals surface area (Å²) in [6, 6.07) is 19.0. The van der Waals surface area contributed by atoms with Gasteiger partial charge in [0, 0.05) is 30.6 Å². The van der Waals surface area contributed by atoms with Crippen LogP contribution in [0.25, 0.3) is 11.0 Å². The quantitative estimate of drug-likeness (QED) is 0.614. The van der Waals surface area contributed by atoms with Crippen LogP contribution in [-0.2, 0) is 15.1 Å². The normalized spacial score (nSPS) is 11.2. The Bertz CT molecular complexity index is 1110. The minimum Gasteiger partial charge on any atom is -0.311 e. The van der Waals surface area contributed by atoms with Gasteiger partial charge in [-0.1, -0.05) is 30.3 Å². The first-order chi connectivity index (χ1) is 14.8. The van der Waals surface area contributed by atoms with Crippen molar-refractivity contribution < 1.29 is 9.59 Å². The largest absolute Gasteiger partial charge is 0.311 e. The molecule has 1 N–H and O–H groups in total. The molecule has 1 heterocycles. The Morgan fingerprint density at radius 1 is 1.06 bits per heavy atom. The van der Waals surface area contributed by atoms with Crippen LogP contribution in [0.2, 0.25) is 0 Å². The van der Waals surface area contributed by atoms with Crippen LogP contribution in [0, 0.1) is 11.3 Å². The lowest BCUT2D eigenvalue weighted by molar-refractivity contribution is -0.122. The highest BCUT2D eigenvalue weighted by Crippen LogP contribution is 2.28. The molecular formula is C24H27N5O2. The second kappa shape index (κ2) is 9.43. The third kappa shape index (κ3) is 5.28. The van der Waals surface area contributed by atoms with Crippen molar-refractivity contribution in [1.82, 2.24) is 9.55 Å². The van der Waals surface area contributed by atoms with Gasteiger partial charge in [0.05, 0.1) is 23.5 Å². The van der Waals surface area contributed by atoms with Gasteiger partial charge in [-0.05, 0) is 45.0 Å². The number of nitrogens with zero attached hydrogens (tertiary/aromatic N) is 4. The molecule has 31 heavy (non-hydrogen) atoms. The number of fused-ring (bicyclic) bond motifs is 1. The summed E-state index contributed by atoms with van der Waals surface area (Å²) in [6.07, 6.45) is 0.298. The van der Waals surface area contributed by atoms with E-state index < -0.39 is 0 Å². The molecule has 0 saturated carbocycles. The molecule has 0 aliphatic heterocycles. The minimum atomic E-state index is -0.282. The molecule has 7 heteroatoms. The zero-order chi connectivity index (χ0) is 22.4. The van der Waals surface area contributed by atoms with E-state index in [0.717, 1.165) is 16.7 Å². The predicted octanol–water partition coefficient (Wildman–Crippen LogP) is 4.46. The van der Waals surface area contributed by atoms with E-state index >= 15 is 0 Å². The maximum atomic E-state index is 12.8. The average Bonchev–Trinajstić information content (AvgIpc) is 3.11. The lowest BCUT2D eigenvalue weighted by Gasteiger charge is -2.24. The van der Waals surface area contributed by atoms with Crippen LogP contribution in [0.5, 0.6) is 0 Å². The molecule has 1 aromatic heterocycles. The Balaban J connectivity index is 1.71. The number of imidazole rings is 1. The number of carbonyl (C=O) groups excluding carboxylic acids is 2. The molecule has 0 saturated heterocycles. The van der Waals surface area contributed by atoms with Gasteiger partial charge in [0.15, 0.2) is 0 Å². The molecule has 0 bridgehead atoms. The van der Waals surface area contributed by atoms with Crippen LogP contribution in [0.4, 0.5) is 11.6 Å². The summed E-state index contributed by atoms with van der Waals surface area (Å²) in [5.41, 5.74) is 2.18. The third-order valence-corrected chi connectivity index (χ3v) is 4.86. The fraction of sp³-hybridized carbons (Fsp3) is 0.333. The zero-order valence-corrected chi connectivity index (χ0v) is 18.1. The standard InChI is InChI=1S/C24H27N5O2/c1-24(2,3)29-20-13-8-7-12-19(20)26-23(29)27-21(30)14-15-22(31)28(17-9-16-25)18-10-5-4-6-11-18/h4-8,10-13H,9,14-15,17H2,1-3H3,(H,26,27,30). The van der Waals surface area contributed by atoms with Crippen molar-refractivity contribution in [2.75, 3.05) is 16.8 Å². The SMILES string of the molecule is CC(C)(C)n1c(NC(=O)CCC(=O)N(CCC#N)c2ccccc2)nc2ccccc21. The van der Waals surface area contributed by atoms with Crippen LogP contribution in [0.15, 0.2) is 54.6 Å². The van der Waals surface area contributed by atoms with Crippen LogP contribution in [-0.4, -0.2) is 27.9 Å².